The van der Waals surface area contributed by atoms with Crippen molar-refractivity contribution in [1.82, 2.24) is 10.2 Å². The van der Waals surface area contributed by atoms with Gasteiger partial charge in [-0.15, -0.1) is 0 Å². The third-order valence-electron chi connectivity index (χ3n) is 3.47. The first-order chi connectivity index (χ1) is 9.63. The molecule has 1 saturated heterocycles. The van der Waals surface area contributed by atoms with Crippen molar-refractivity contribution in [3.05, 3.63) is 29.8 Å². The normalized spacial score (nSPS) is 18.2. The Kier molecular flexibility index (Phi) is 4.61. The van der Waals surface area contributed by atoms with Crippen LogP contribution in [0.3, 0.4) is 0 Å². The van der Waals surface area contributed by atoms with Crippen molar-refractivity contribution in [2.24, 2.45) is 0 Å². The molecule has 1 heterocycles. The van der Waals surface area contributed by atoms with Gasteiger partial charge in [-0.1, -0.05) is 19.1 Å². The Bertz CT molecular complexity index is 502. The van der Waals surface area contributed by atoms with E-state index in [1.54, 1.807) is 18.0 Å². The highest BCUT2D eigenvalue weighted by Crippen LogP contribution is 2.16. The number of nitrogens with zero attached hydrogens (tertiary/aromatic N) is 1. The second-order valence-corrected chi connectivity index (χ2v) is 5.05. The zero-order valence-electron chi connectivity index (χ0n) is 12.0. The summed E-state index contributed by atoms with van der Waals surface area (Å²) in [5.74, 6) is -0.213. The first-order valence-corrected chi connectivity index (χ1v) is 7.02. The molecule has 0 aromatic heterocycles. The predicted octanol–water partition coefficient (Wildman–Crippen LogP) is 1.47. The van der Waals surface area contributed by atoms with Crippen LogP contribution in [0.4, 0.5) is 5.69 Å². The second kappa shape index (κ2) is 6.41. The molecule has 0 bridgehead atoms. The van der Waals surface area contributed by atoms with Crippen LogP contribution >= 0.6 is 0 Å². The molecule has 20 heavy (non-hydrogen) atoms. The van der Waals surface area contributed by atoms with Crippen LogP contribution in [-0.4, -0.2) is 42.9 Å². The summed E-state index contributed by atoms with van der Waals surface area (Å²) >= 11 is 0. The van der Waals surface area contributed by atoms with E-state index in [9.17, 15) is 9.59 Å². The standard InChI is InChI=1S/C15H21N3O2/c1-3-9-16-12-7-5-4-6-11(12)14(19)17-13-8-10-18(2)15(13)20/h4-7,13,16H,3,8-10H2,1-2H3,(H,17,19). The van der Waals surface area contributed by atoms with E-state index in [1.165, 1.54) is 0 Å². The molecule has 1 atom stereocenters. The van der Waals surface area contributed by atoms with E-state index >= 15 is 0 Å². The van der Waals surface area contributed by atoms with E-state index < -0.39 is 6.04 Å². The van der Waals surface area contributed by atoms with Crippen LogP contribution in [0, 0.1) is 0 Å². The summed E-state index contributed by atoms with van der Waals surface area (Å²) in [5.41, 5.74) is 1.40. The van der Waals surface area contributed by atoms with Gasteiger partial charge in [0.05, 0.1) is 5.56 Å². The van der Waals surface area contributed by atoms with Gasteiger partial charge in [0.25, 0.3) is 5.91 Å². The Balaban J connectivity index is 2.07. The van der Waals surface area contributed by atoms with E-state index in [-0.39, 0.29) is 11.8 Å². The molecule has 0 radical (unpaired) electrons. The van der Waals surface area contributed by atoms with Crippen molar-refractivity contribution in [3.8, 4) is 0 Å². The molecule has 0 saturated carbocycles. The smallest absolute Gasteiger partial charge is 0.254 e. The number of benzene rings is 1. The fourth-order valence-corrected chi connectivity index (χ4v) is 2.29. The predicted molar refractivity (Wildman–Crippen MR) is 78.7 cm³/mol. The lowest BCUT2D eigenvalue weighted by atomic mass is 10.1. The monoisotopic (exact) mass is 275 g/mol. The molecule has 1 aliphatic rings. The van der Waals surface area contributed by atoms with Crippen molar-refractivity contribution < 1.29 is 9.59 Å². The van der Waals surface area contributed by atoms with Crippen LogP contribution in [0.5, 0.6) is 0 Å². The number of carbonyl (C=O) groups is 2. The molecule has 5 nitrogen and oxygen atoms in total. The Morgan fingerprint density at radius 1 is 1.40 bits per heavy atom. The molecule has 2 N–H and O–H groups in total. The van der Waals surface area contributed by atoms with E-state index in [0.29, 0.717) is 18.5 Å². The average Bonchev–Trinajstić information content (AvgIpc) is 2.77. The quantitative estimate of drug-likeness (QED) is 0.855. The van der Waals surface area contributed by atoms with Gasteiger partial charge in [-0.2, -0.15) is 0 Å². The zero-order valence-corrected chi connectivity index (χ0v) is 12.0. The molecule has 5 heteroatoms. The molecule has 108 valence electrons. The highest BCUT2D eigenvalue weighted by Gasteiger charge is 2.30. The van der Waals surface area contributed by atoms with Crippen LogP contribution in [0.15, 0.2) is 24.3 Å². The molecule has 1 aliphatic heterocycles. The Hall–Kier alpha value is -2.04. The maximum absolute atomic E-state index is 12.3. The Labute approximate surface area is 119 Å². The number of likely N-dealkylation sites (N-methyl/N-ethyl adjacent to an activating group) is 1. The SMILES string of the molecule is CCCNc1ccccc1C(=O)NC1CCN(C)C1=O. The summed E-state index contributed by atoms with van der Waals surface area (Å²) in [6.07, 6.45) is 1.66. The van der Waals surface area contributed by atoms with Gasteiger partial charge in [0.15, 0.2) is 0 Å². The van der Waals surface area contributed by atoms with Crippen LogP contribution in [0.2, 0.25) is 0 Å². The molecule has 1 unspecified atom stereocenters. The van der Waals surface area contributed by atoms with Crippen molar-refractivity contribution >= 4 is 17.5 Å². The largest absolute Gasteiger partial charge is 0.384 e. The van der Waals surface area contributed by atoms with E-state index in [2.05, 4.69) is 17.6 Å². The average molecular weight is 275 g/mol. The van der Waals surface area contributed by atoms with Gasteiger partial charge >= 0.3 is 0 Å². The topological polar surface area (TPSA) is 61.4 Å². The van der Waals surface area contributed by atoms with Crippen LogP contribution in [-0.2, 0) is 4.79 Å². The lowest BCUT2D eigenvalue weighted by Gasteiger charge is -2.15. The molecule has 0 spiro atoms. The third-order valence-corrected chi connectivity index (χ3v) is 3.47. The Morgan fingerprint density at radius 2 is 2.15 bits per heavy atom. The van der Waals surface area contributed by atoms with Crippen molar-refractivity contribution in [1.29, 1.82) is 0 Å². The second-order valence-electron chi connectivity index (χ2n) is 5.05. The maximum atomic E-state index is 12.3. The zero-order chi connectivity index (χ0) is 14.5. The number of nitrogens with one attached hydrogen (secondary N) is 2. The fourth-order valence-electron chi connectivity index (χ4n) is 2.29. The molecule has 2 rings (SSSR count). The Morgan fingerprint density at radius 3 is 2.80 bits per heavy atom. The lowest BCUT2D eigenvalue weighted by molar-refractivity contribution is -0.128. The first kappa shape index (κ1) is 14.4. The summed E-state index contributed by atoms with van der Waals surface area (Å²) in [4.78, 5) is 25.8. The molecule has 1 aromatic carbocycles. The van der Waals surface area contributed by atoms with Crippen LogP contribution in [0.25, 0.3) is 0 Å². The van der Waals surface area contributed by atoms with E-state index in [4.69, 9.17) is 0 Å². The van der Waals surface area contributed by atoms with E-state index in [1.807, 2.05) is 18.2 Å². The minimum atomic E-state index is -0.397. The number of likely N-dealkylation sites (tertiary alicyclic amines) is 1. The fraction of sp³-hybridized carbons (Fsp3) is 0.467. The van der Waals surface area contributed by atoms with Crippen molar-refractivity contribution in [2.45, 2.75) is 25.8 Å². The maximum Gasteiger partial charge on any atom is 0.254 e. The van der Waals surface area contributed by atoms with Gasteiger partial charge in [-0.25, -0.2) is 0 Å². The number of carbonyl (C=O) groups excluding carboxylic acids is 2. The molecule has 2 amide bonds. The summed E-state index contributed by atoms with van der Waals surface area (Å²) in [6.45, 7) is 3.58. The minimum Gasteiger partial charge on any atom is -0.384 e. The molecule has 1 fully saturated rings. The van der Waals surface area contributed by atoms with E-state index in [0.717, 1.165) is 18.7 Å². The summed E-state index contributed by atoms with van der Waals surface area (Å²) in [5, 5.41) is 6.05. The van der Waals surface area contributed by atoms with Crippen LogP contribution < -0.4 is 10.6 Å². The minimum absolute atomic E-state index is 0.0163. The first-order valence-electron chi connectivity index (χ1n) is 7.02. The molecule has 1 aromatic rings. The van der Waals surface area contributed by atoms with Gasteiger partial charge in [0.1, 0.15) is 6.04 Å². The van der Waals surface area contributed by atoms with Crippen LogP contribution in [0.1, 0.15) is 30.1 Å². The lowest BCUT2D eigenvalue weighted by Crippen LogP contribution is -2.40. The van der Waals surface area contributed by atoms with Crippen molar-refractivity contribution in [3.63, 3.8) is 0 Å². The number of hydrogen-bond acceptors (Lipinski definition) is 3. The third kappa shape index (κ3) is 3.10. The van der Waals surface area contributed by atoms with Gasteiger partial charge in [-0.3, -0.25) is 9.59 Å². The highest BCUT2D eigenvalue weighted by molar-refractivity contribution is 6.02. The summed E-state index contributed by atoms with van der Waals surface area (Å²) in [6, 6.07) is 6.98. The number of rotatable bonds is 5. The van der Waals surface area contributed by atoms with Crippen molar-refractivity contribution in [2.75, 3.05) is 25.5 Å². The molecule has 0 aliphatic carbocycles. The molecular formula is C15H21N3O2. The van der Waals surface area contributed by atoms with Gasteiger partial charge < -0.3 is 15.5 Å². The highest BCUT2D eigenvalue weighted by atomic mass is 16.2. The number of amides is 2. The summed E-state index contributed by atoms with van der Waals surface area (Å²) < 4.78 is 0. The number of para-hydroxylation sites is 1. The number of anilines is 1. The van der Waals surface area contributed by atoms with Gasteiger partial charge in [0, 0.05) is 25.8 Å². The van der Waals surface area contributed by atoms with Gasteiger partial charge in [0.2, 0.25) is 5.91 Å². The van der Waals surface area contributed by atoms with Gasteiger partial charge in [-0.05, 0) is 25.0 Å². The summed E-state index contributed by atoms with van der Waals surface area (Å²) in [7, 11) is 1.76. The number of hydrogen-bond donors (Lipinski definition) is 2. The molecular weight excluding hydrogens is 254 g/mol.